The van der Waals surface area contributed by atoms with Crippen molar-refractivity contribution < 1.29 is 14.3 Å². The highest BCUT2D eigenvalue weighted by Gasteiger charge is 2.29. The molecule has 8 nitrogen and oxygen atoms in total. The van der Waals surface area contributed by atoms with Gasteiger partial charge in [0.1, 0.15) is 0 Å². The van der Waals surface area contributed by atoms with Crippen LogP contribution in [0.2, 0.25) is 0 Å². The first-order valence-corrected chi connectivity index (χ1v) is 9.79. The minimum Gasteiger partial charge on any atom is -0.373 e. The second-order valence-corrected chi connectivity index (χ2v) is 7.19. The Labute approximate surface area is 165 Å². The van der Waals surface area contributed by atoms with Crippen LogP contribution < -0.4 is 16.0 Å². The normalized spacial score (nSPS) is 22.9. The highest BCUT2D eigenvalue weighted by Crippen LogP contribution is 2.33. The van der Waals surface area contributed by atoms with Crippen molar-refractivity contribution in [3.63, 3.8) is 0 Å². The van der Waals surface area contributed by atoms with Gasteiger partial charge < -0.3 is 20.7 Å². The van der Waals surface area contributed by atoms with Crippen LogP contribution in [0.5, 0.6) is 0 Å². The van der Waals surface area contributed by atoms with E-state index in [4.69, 9.17) is 4.74 Å². The molecule has 3 amide bonds. The summed E-state index contributed by atoms with van der Waals surface area (Å²) in [4.78, 5) is 28.6. The van der Waals surface area contributed by atoms with Gasteiger partial charge in [0, 0.05) is 39.2 Å². The fraction of sp³-hybridized carbons (Fsp3) is 0.550. The number of rotatable bonds is 6. The molecule has 1 aromatic rings. The van der Waals surface area contributed by atoms with Gasteiger partial charge in [0.15, 0.2) is 5.96 Å². The van der Waals surface area contributed by atoms with Gasteiger partial charge >= 0.3 is 6.03 Å². The van der Waals surface area contributed by atoms with E-state index in [-0.39, 0.29) is 24.6 Å². The van der Waals surface area contributed by atoms with Crippen molar-refractivity contribution in [2.24, 2.45) is 10.9 Å². The molecule has 0 aliphatic carbocycles. The number of guanidine groups is 1. The molecular formula is C20H29N5O3. The lowest BCUT2D eigenvalue weighted by Crippen LogP contribution is -2.45. The van der Waals surface area contributed by atoms with Gasteiger partial charge in [0.25, 0.3) is 0 Å². The van der Waals surface area contributed by atoms with E-state index in [0.29, 0.717) is 25.0 Å². The highest BCUT2D eigenvalue weighted by atomic mass is 16.5. The van der Waals surface area contributed by atoms with Crippen LogP contribution >= 0.6 is 0 Å². The molecular weight excluding hydrogens is 358 g/mol. The van der Waals surface area contributed by atoms with Crippen LogP contribution in [0.1, 0.15) is 30.1 Å². The molecule has 2 fully saturated rings. The number of aryl methyl sites for hydroxylation is 1. The third-order valence-electron chi connectivity index (χ3n) is 5.17. The number of hydrogen-bond donors (Lipinski definition) is 3. The van der Waals surface area contributed by atoms with E-state index >= 15 is 0 Å². The summed E-state index contributed by atoms with van der Waals surface area (Å²) in [6.07, 6.45) is 2.21. The molecule has 8 heteroatoms. The molecule has 0 spiro atoms. The van der Waals surface area contributed by atoms with E-state index in [1.165, 1.54) is 16.0 Å². The van der Waals surface area contributed by atoms with Crippen molar-refractivity contribution in [2.75, 3.05) is 39.8 Å². The van der Waals surface area contributed by atoms with Gasteiger partial charge in [-0.1, -0.05) is 29.8 Å². The lowest BCUT2D eigenvalue weighted by Gasteiger charge is -2.32. The number of nitrogens with one attached hydrogen (secondary N) is 3. The Balaban J connectivity index is 1.49. The van der Waals surface area contributed by atoms with Crippen molar-refractivity contribution >= 4 is 17.9 Å². The molecule has 2 heterocycles. The summed E-state index contributed by atoms with van der Waals surface area (Å²) < 4.78 is 6.07. The van der Waals surface area contributed by atoms with Crippen LogP contribution in [0, 0.1) is 12.8 Å². The zero-order valence-corrected chi connectivity index (χ0v) is 16.5. The third-order valence-corrected chi connectivity index (χ3v) is 5.17. The Morgan fingerprint density at radius 3 is 2.75 bits per heavy atom. The number of carbonyl (C=O) groups excluding carboxylic acids is 2. The maximum atomic E-state index is 11.6. The van der Waals surface area contributed by atoms with Crippen molar-refractivity contribution in [2.45, 2.75) is 25.9 Å². The number of urea groups is 1. The van der Waals surface area contributed by atoms with Crippen LogP contribution in [-0.4, -0.2) is 62.6 Å². The van der Waals surface area contributed by atoms with Crippen molar-refractivity contribution in [1.82, 2.24) is 20.9 Å². The van der Waals surface area contributed by atoms with Gasteiger partial charge in [-0.25, -0.2) is 4.79 Å². The predicted molar refractivity (Wildman–Crippen MR) is 107 cm³/mol. The Hall–Kier alpha value is -2.61. The van der Waals surface area contributed by atoms with E-state index < -0.39 is 0 Å². The monoisotopic (exact) mass is 387 g/mol. The smallest absolute Gasteiger partial charge is 0.324 e. The number of imide groups is 1. The minimum atomic E-state index is -0.338. The SMILES string of the molecule is CN=C(NCCN1C(=O)CNC1=O)NCC1CCCOC1c1ccc(C)cc1. The Kier molecular flexibility index (Phi) is 6.86. The number of nitrogens with zero attached hydrogens (tertiary/aromatic N) is 2. The Bertz CT molecular complexity index is 703. The quantitative estimate of drug-likeness (QED) is 0.387. The minimum absolute atomic E-state index is 0.0749. The summed E-state index contributed by atoms with van der Waals surface area (Å²) in [7, 11) is 1.71. The molecule has 0 bridgehead atoms. The summed E-state index contributed by atoms with van der Waals surface area (Å²) >= 11 is 0. The van der Waals surface area contributed by atoms with E-state index in [1.807, 2.05) is 0 Å². The lowest BCUT2D eigenvalue weighted by molar-refractivity contribution is -0.124. The number of carbonyl (C=O) groups is 2. The maximum absolute atomic E-state index is 11.6. The van der Waals surface area contributed by atoms with Crippen molar-refractivity contribution in [1.29, 1.82) is 0 Å². The maximum Gasteiger partial charge on any atom is 0.324 e. The molecule has 2 aliphatic rings. The van der Waals surface area contributed by atoms with Gasteiger partial charge in [0.05, 0.1) is 12.6 Å². The largest absolute Gasteiger partial charge is 0.373 e. The molecule has 2 atom stereocenters. The molecule has 152 valence electrons. The fourth-order valence-electron chi connectivity index (χ4n) is 3.59. The molecule has 2 aliphatic heterocycles. The van der Waals surface area contributed by atoms with E-state index in [2.05, 4.69) is 52.1 Å². The summed E-state index contributed by atoms with van der Waals surface area (Å²) in [5.74, 6) is 0.802. The van der Waals surface area contributed by atoms with E-state index in [1.54, 1.807) is 7.05 Å². The molecule has 3 rings (SSSR count). The predicted octanol–water partition coefficient (Wildman–Crippen LogP) is 1.18. The first kappa shape index (κ1) is 20.1. The third kappa shape index (κ3) is 5.01. The second-order valence-electron chi connectivity index (χ2n) is 7.19. The highest BCUT2D eigenvalue weighted by molar-refractivity contribution is 6.01. The van der Waals surface area contributed by atoms with Crippen LogP contribution in [-0.2, 0) is 9.53 Å². The lowest BCUT2D eigenvalue weighted by atomic mass is 9.89. The molecule has 0 saturated carbocycles. The average molecular weight is 387 g/mol. The number of aliphatic imine (C=N–C) groups is 1. The van der Waals surface area contributed by atoms with Crippen molar-refractivity contribution in [3.05, 3.63) is 35.4 Å². The number of hydrogen-bond acceptors (Lipinski definition) is 4. The summed E-state index contributed by atoms with van der Waals surface area (Å²) in [5, 5.41) is 9.03. The fourth-order valence-corrected chi connectivity index (χ4v) is 3.59. The molecule has 2 unspecified atom stereocenters. The van der Waals surface area contributed by atoms with Crippen LogP contribution in [0.4, 0.5) is 4.79 Å². The van der Waals surface area contributed by atoms with Gasteiger partial charge in [-0.2, -0.15) is 0 Å². The molecule has 28 heavy (non-hydrogen) atoms. The van der Waals surface area contributed by atoms with Crippen LogP contribution in [0.25, 0.3) is 0 Å². The average Bonchev–Trinajstić information content (AvgIpc) is 3.03. The zero-order valence-electron chi connectivity index (χ0n) is 16.5. The number of ether oxygens (including phenoxy) is 1. The van der Waals surface area contributed by atoms with Crippen LogP contribution in [0.15, 0.2) is 29.3 Å². The summed E-state index contributed by atoms with van der Waals surface area (Å²) in [6, 6.07) is 8.19. The number of benzene rings is 1. The molecule has 3 N–H and O–H groups in total. The van der Waals surface area contributed by atoms with Crippen LogP contribution in [0.3, 0.4) is 0 Å². The summed E-state index contributed by atoms with van der Waals surface area (Å²) in [6.45, 7) is 4.44. The van der Waals surface area contributed by atoms with Gasteiger partial charge in [0.2, 0.25) is 5.91 Å². The standard InChI is InChI=1S/C20H29N5O3/c1-14-5-7-15(8-6-14)18-16(4-3-11-28-18)12-23-19(21-2)22-9-10-25-17(26)13-24-20(25)27/h5-8,16,18H,3-4,9-13H2,1-2H3,(H,24,27)(H2,21,22,23). The van der Waals surface area contributed by atoms with Crippen molar-refractivity contribution in [3.8, 4) is 0 Å². The van der Waals surface area contributed by atoms with Gasteiger partial charge in [-0.15, -0.1) is 0 Å². The molecule has 0 aromatic heterocycles. The topological polar surface area (TPSA) is 95.1 Å². The summed E-state index contributed by atoms with van der Waals surface area (Å²) in [5.41, 5.74) is 2.45. The molecule has 0 radical (unpaired) electrons. The Morgan fingerprint density at radius 1 is 1.29 bits per heavy atom. The number of amides is 3. The zero-order chi connectivity index (χ0) is 19.9. The Morgan fingerprint density at radius 2 is 2.07 bits per heavy atom. The first-order valence-electron chi connectivity index (χ1n) is 9.79. The van der Waals surface area contributed by atoms with Gasteiger partial charge in [-0.05, 0) is 25.3 Å². The first-order chi connectivity index (χ1) is 13.6. The molecule has 2 saturated heterocycles. The molecule has 1 aromatic carbocycles. The van der Waals surface area contributed by atoms with E-state index in [0.717, 1.165) is 26.0 Å². The second kappa shape index (κ2) is 9.54. The van der Waals surface area contributed by atoms with E-state index in [9.17, 15) is 9.59 Å². The van der Waals surface area contributed by atoms with Gasteiger partial charge in [-0.3, -0.25) is 14.7 Å².